The van der Waals surface area contributed by atoms with Gasteiger partial charge in [-0.2, -0.15) is 0 Å². The largest absolute Gasteiger partial charge is 0.495 e. The number of ether oxygens (including phenoxy) is 1. The van der Waals surface area contributed by atoms with Gasteiger partial charge in [-0.15, -0.1) is 0 Å². The maximum Gasteiger partial charge on any atom is 0.328 e. The van der Waals surface area contributed by atoms with Gasteiger partial charge in [-0.1, -0.05) is 12.1 Å². The second-order valence-electron chi connectivity index (χ2n) is 7.52. The number of nitrogens with zero attached hydrogens (tertiary/aromatic N) is 2. The Hall–Kier alpha value is -3.78. The van der Waals surface area contributed by atoms with Crippen LogP contribution >= 0.6 is 0 Å². The highest BCUT2D eigenvalue weighted by molar-refractivity contribution is 5.86. The van der Waals surface area contributed by atoms with Gasteiger partial charge in [-0.05, 0) is 54.0 Å². The maximum absolute atomic E-state index is 10.7. The lowest BCUT2D eigenvalue weighted by Gasteiger charge is -2.26. The third kappa shape index (κ3) is 7.69. The van der Waals surface area contributed by atoms with Crippen molar-refractivity contribution in [2.75, 3.05) is 44.1 Å². The zero-order valence-corrected chi connectivity index (χ0v) is 19.1. The van der Waals surface area contributed by atoms with Gasteiger partial charge in [0.25, 0.3) is 0 Å². The van der Waals surface area contributed by atoms with Crippen LogP contribution in [0, 0.1) is 0 Å². The Kier molecular flexibility index (Phi) is 9.50. The van der Waals surface area contributed by atoms with E-state index in [0.29, 0.717) is 11.3 Å². The normalized spacial score (nSPS) is 11.2. The van der Waals surface area contributed by atoms with Crippen molar-refractivity contribution in [1.82, 2.24) is 0 Å². The van der Waals surface area contributed by atoms with E-state index in [0.717, 1.165) is 54.2 Å². The minimum absolute atomic E-state index is 0.145. The Bertz CT molecular complexity index is 950. The summed E-state index contributed by atoms with van der Waals surface area (Å²) in [6, 6.07) is 11.0. The van der Waals surface area contributed by atoms with Crippen LogP contribution in [0.15, 0.2) is 48.6 Å². The SMILES string of the molecule is COc1cc(/C=C/C(=O)O)ccc1N(C)CCCN(C)c1ccc(/C=C/C(=O)O)cc1CO. The minimum Gasteiger partial charge on any atom is -0.495 e. The number of hydrogen-bond acceptors (Lipinski definition) is 6. The summed E-state index contributed by atoms with van der Waals surface area (Å²) in [5.74, 6) is -1.37. The predicted octanol–water partition coefficient (Wildman–Crippen LogP) is 3.35. The Labute approximate surface area is 193 Å². The van der Waals surface area contributed by atoms with E-state index in [9.17, 15) is 14.7 Å². The van der Waals surface area contributed by atoms with Gasteiger partial charge in [0, 0.05) is 50.6 Å². The average Bonchev–Trinajstić information content (AvgIpc) is 2.80. The summed E-state index contributed by atoms with van der Waals surface area (Å²) in [5, 5.41) is 27.3. The van der Waals surface area contributed by atoms with Crippen LogP contribution in [0.1, 0.15) is 23.1 Å². The standard InChI is InChI=1S/C25H30N2O6/c1-26(21-9-5-18(7-11-24(29)30)15-20(21)17-28)13-4-14-27(2)22-10-6-19(8-12-25(31)32)16-23(22)33-3/h5-12,15-16,28H,4,13-14,17H2,1-3H3,(H,29,30)(H,31,32)/b11-7+,12-8+. The third-order valence-corrected chi connectivity index (χ3v) is 5.12. The molecule has 0 heterocycles. The second-order valence-corrected chi connectivity index (χ2v) is 7.52. The van der Waals surface area contributed by atoms with Gasteiger partial charge in [0.2, 0.25) is 0 Å². The Balaban J connectivity index is 2.02. The molecule has 8 heteroatoms. The molecule has 2 aromatic rings. The zero-order valence-electron chi connectivity index (χ0n) is 19.1. The van der Waals surface area contributed by atoms with Crippen molar-refractivity contribution < 1.29 is 29.6 Å². The molecule has 0 aliphatic carbocycles. The molecule has 2 aromatic carbocycles. The van der Waals surface area contributed by atoms with Gasteiger partial charge in [0.1, 0.15) is 5.75 Å². The van der Waals surface area contributed by atoms with Crippen LogP contribution in [0.25, 0.3) is 12.2 Å². The maximum atomic E-state index is 10.7. The first-order valence-corrected chi connectivity index (χ1v) is 10.4. The smallest absolute Gasteiger partial charge is 0.328 e. The first kappa shape index (κ1) is 25.5. The van der Waals surface area contributed by atoms with Crippen molar-refractivity contribution in [3.05, 3.63) is 65.2 Å². The fraction of sp³-hybridized carbons (Fsp3) is 0.280. The van der Waals surface area contributed by atoms with Crippen molar-refractivity contribution in [3.8, 4) is 5.75 Å². The number of anilines is 2. The molecule has 0 unspecified atom stereocenters. The van der Waals surface area contributed by atoms with E-state index < -0.39 is 11.9 Å². The fourth-order valence-corrected chi connectivity index (χ4v) is 3.44. The minimum atomic E-state index is -1.02. The highest BCUT2D eigenvalue weighted by Crippen LogP contribution is 2.29. The molecule has 0 amide bonds. The van der Waals surface area contributed by atoms with E-state index in [4.69, 9.17) is 14.9 Å². The number of aliphatic hydroxyl groups excluding tert-OH is 1. The summed E-state index contributed by atoms with van der Waals surface area (Å²) in [6.45, 7) is 1.34. The van der Waals surface area contributed by atoms with Crippen LogP contribution < -0.4 is 14.5 Å². The number of aliphatic carboxylic acids is 2. The van der Waals surface area contributed by atoms with E-state index in [1.165, 1.54) is 12.2 Å². The highest BCUT2D eigenvalue weighted by atomic mass is 16.5. The molecule has 0 atom stereocenters. The molecule has 2 rings (SSSR count). The zero-order chi connectivity index (χ0) is 24.4. The lowest BCUT2D eigenvalue weighted by atomic mass is 10.1. The number of benzene rings is 2. The van der Waals surface area contributed by atoms with Gasteiger partial charge < -0.3 is 29.9 Å². The molecular weight excluding hydrogens is 424 g/mol. The van der Waals surface area contributed by atoms with Crippen molar-refractivity contribution in [2.45, 2.75) is 13.0 Å². The third-order valence-electron chi connectivity index (χ3n) is 5.12. The van der Waals surface area contributed by atoms with Crippen LogP contribution in [-0.2, 0) is 16.2 Å². The van der Waals surface area contributed by atoms with E-state index in [1.807, 2.05) is 38.4 Å². The first-order valence-electron chi connectivity index (χ1n) is 10.4. The summed E-state index contributed by atoms with van der Waals surface area (Å²) in [7, 11) is 5.50. The van der Waals surface area contributed by atoms with E-state index in [1.54, 1.807) is 19.2 Å². The molecule has 8 nitrogen and oxygen atoms in total. The Morgan fingerprint density at radius 2 is 1.39 bits per heavy atom. The van der Waals surface area contributed by atoms with Crippen LogP contribution in [0.4, 0.5) is 11.4 Å². The topological polar surface area (TPSA) is 111 Å². The molecule has 0 aliphatic heterocycles. The van der Waals surface area contributed by atoms with Crippen molar-refractivity contribution in [2.24, 2.45) is 0 Å². The van der Waals surface area contributed by atoms with E-state index in [2.05, 4.69) is 9.80 Å². The molecule has 0 aliphatic rings. The lowest BCUT2D eigenvalue weighted by Crippen LogP contribution is -2.26. The van der Waals surface area contributed by atoms with Crippen molar-refractivity contribution >= 4 is 35.5 Å². The molecule has 33 heavy (non-hydrogen) atoms. The van der Waals surface area contributed by atoms with Gasteiger partial charge in [0.05, 0.1) is 19.4 Å². The first-order chi connectivity index (χ1) is 15.7. The van der Waals surface area contributed by atoms with Crippen molar-refractivity contribution in [1.29, 1.82) is 0 Å². The summed E-state index contributed by atoms with van der Waals surface area (Å²) < 4.78 is 5.48. The molecular formula is C25H30N2O6. The monoisotopic (exact) mass is 454 g/mol. The number of aliphatic hydroxyl groups is 1. The number of hydrogen-bond donors (Lipinski definition) is 3. The van der Waals surface area contributed by atoms with Gasteiger partial charge in [-0.3, -0.25) is 0 Å². The van der Waals surface area contributed by atoms with Crippen LogP contribution in [0.3, 0.4) is 0 Å². The fourth-order valence-electron chi connectivity index (χ4n) is 3.44. The van der Waals surface area contributed by atoms with E-state index >= 15 is 0 Å². The van der Waals surface area contributed by atoms with E-state index in [-0.39, 0.29) is 6.61 Å². The molecule has 0 bridgehead atoms. The quantitative estimate of drug-likeness (QED) is 0.419. The molecule has 176 valence electrons. The highest BCUT2D eigenvalue weighted by Gasteiger charge is 2.11. The van der Waals surface area contributed by atoms with Gasteiger partial charge >= 0.3 is 11.9 Å². The molecule has 0 aromatic heterocycles. The van der Waals surface area contributed by atoms with Crippen LogP contribution in [-0.4, -0.2) is 61.6 Å². The van der Waals surface area contributed by atoms with Crippen LogP contribution in [0.2, 0.25) is 0 Å². The second kappa shape index (κ2) is 12.3. The summed E-state index contributed by atoms with van der Waals surface area (Å²) in [6.07, 6.45) is 6.01. The van der Waals surface area contributed by atoms with Gasteiger partial charge in [0.15, 0.2) is 0 Å². The molecule has 0 fully saturated rings. The molecule has 0 saturated carbocycles. The number of carboxylic acid groups (broad SMARTS) is 2. The number of carboxylic acids is 2. The number of methoxy groups -OCH3 is 1. The Morgan fingerprint density at radius 1 is 0.879 bits per heavy atom. The number of rotatable bonds is 12. The lowest BCUT2D eigenvalue weighted by molar-refractivity contribution is -0.132. The van der Waals surface area contributed by atoms with Crippen molar-refractivity contribution in [3.63, 3.8) is 0 Å². The Morgan fingerprint density at radius 3 is 1.91 bits per heavy atom. The molecule has 3 N–H and O–H groups in total. The summed E-state index contributed by atoms with van der Waals surface area (Å²) in [5.41, 5.74) is 3.97. The summed E-state index contributed by atoms with van der Waals surface area (Å²) >= 11 is 0. The van der Waals surface area contributed by atoms with Crippen LogP contribution in [0.5, 0.6) is 5.75 Å². The molecule has 0 radical (unpaired) electrons. The average molecular weight is 455 g/mol. The van der Waals surface area contributed by atoms with Gasteiger partial charge in [-0.25, -0.2) is 9.59 Å². The predicted molar refractivity (Wildman–Crippen MR) is 130 cm³/mol. The molecule has 0 spiro atoms. The molecule has 0 saturated heterocycles. The summed E-state index contributed by atoms with van der Waals surface area (Å²) in [4.78, 5) is 25.6. The number of carbonyl (C=O) groups is 2.